The van der Waals surface area contributed by atoms with Gasteiger partial charge < -0.3 is 14.6 Å². The molecule has 0 aliphatic carbocycles. The third-order valence-electron chi connectivity index (χ3n) is 2.04. The number of benzene rings is 1. The summed E-state index contributed by atoms with van der Waals surface area (Å²) in [6, 6.07) is 2.15. The molecule has 0 saturated carbocycles. The van der Waals surface area contributed by atoms with Crippen LogP contribution in [0.4, 0.5) is 5.69 Å². The van der Waals surface area contributed by atoms with Crippen LogP contribution in [0.5, 0.6) is 11.5 Å². The normalized spacial score (nSPS) is 10.4. The average Bonchev–Trinajstić information content (AvgIpc) is 2.68. The van der Waals surface area contributed by atoms with Crippen molar-refractivity contribution in [2.45, 2.75) is 6.92 Å². The van der Waals surface area contributed by atoms with Crippen LogP contribution in [-0.4, -0.2) is 25.3 Å². The zero-order valence-corrected chi connectivity index (χ0v) is 8.62. The van der Waals surface area contributed by atoms with Crippen LogP contribution in [-0.2, 0) is 0 Å². The standard InChI is InChI=1S/C9H7N3O5/c1-4-10-11-9(17-4)5-2-6(12(15)16)8(14)7(13)3-5/h2-3,13-14H,1H3. The van der Waals surface area contributed by atoms with Gasteiger partial charge in [-0.05, 0) is 6.07 Å². The second-order valence-electron chi connectivity index (χ2n) is 3.25. The smallest absolute Gasteiger partial charge is 0.315 e. The van der Waals surface area contributed by atoms with Crippen LogP contribution < -0.4 is 0 Å². The molecular weight excluding hydrogens is 230 g/mol. The third-order valence-corrected chi connectivity index (χ3v) is 2.04. The molecule has 0 saturated heterocycles. The van der Waals surface area contributed by atoms with Crippen molar-refractivity contribution >= 4 is 5.69 Å². The minimum absolute atomic E-state index is 0.0286. The second kappa shape index (κ2) is 3.74. The molecule has 0 aliphatic heterocycles. The van der Waals surface area contributed by atoms with Gasteiger partial charge >= 0.3 is 5.69 Å². The van der Waals surface area contributed by atoms with E-state index >= 15 is 0 Å². The summed E-state index contributed by atoms with van der Waals surface area (Å²) in [5, 5.41) is 36.5. The van der Waals surface area contributed by atoms with Gasteiger partial charge in [0, 0.05) is 18.6 Å². The predicted octanol–water partition coefficient (Wildman–Crippen LogP) is 1.36. The van der Waals surface area contributed by atoms with Crippen LogP contribution in [0.25, 0.3) is 11.5 Å². The number of nitro benzene ring substituents is 1. The lowest BCUT2D eigenvalue weighted by Crippen LogP contribution is -1.90. The van der Waals surface area contributed by atoms with Gasteiger partial charge in [-0.25, -0.2) is 0 Å². The van der Waals surface area contributed by atoms with Gasteiger partial charge in [0.05, 0.1) is 4.92 Å². The number of aromatic hydroxyl groups is 2. The maximum Gasteiger partial charge on any atom is 0.315 e. The number of phenolic OH excluding ortho intramolecular Hbond substituents is 2. The Morgan fingerprint density at radius 2 is 2.06 bits per heavy atom. The van der Waals surface area contributed by atoms with E-state index in [1.165, 1.54) is 0 Å². The summed E-state index contributed by atoms with van der Waals surface area (Å²) in [5.74, 6) is -1.10. The molecule has 0 aliphatic rings. The van der Waals surface area contributed by atoms with Gasteiger partial charge in [0.2, 0.25) is 17.5 Å². The van der Waals surface area contributed by atoms with E-state index in [1.807, 2.05) is 0 Å². The van der Waals surface area contributed by atoms with Gasteiger partial charge in [-0.15, -0.1) is 10.2 Å². The van der Waals surface area contributed by atoms with Crippen molar-refractivity contribution in [3.63, 3.8) is 0 Å². The van der Waals surface area contributed by atoms with Crippen molar-refractivity contribution in [1.82, 2.24) is 10.2 Å². The summed E-state index contributed by atoms with van der Waals surface area (Å²) >= 11 is 0. The fourth-order valence-electron chi connectivity index (χ4n) is 1.28. The summed E-state index contributed by atoms with van der Waals surface area (Å²) in [5.41, 5.74) is -0.469. The van der Waals surface area contributed by atoms with Gasteiger partial charge in [0.1, 0.15) is 0 Å². The van der Waals surface area contributed by atoms with Crippen LogP contribution in [0.15, 0.2) is 16.5 Å². The summed E-state index contributed by atoms with van der Waals surface area (Å²) < 4.78 is 5.06. The maximum absolute atomic E-state index is 10.6. The monoisotopic (exact) mass is 237 g/mol. The van der Waals surface area contributed by atoms with E-state index in [2.05, 4.69) is 10.2 Å². The van der Waals surface area contributed by atoms with Gasteiger partial charge in [0.15, 0.2) is 5.75 Å². The molecule has 0 radical (unpaired) electrons. The quantitative estimate of drug-likeness (QED) is 0.459. The molecule has 8 heteroatoms. The van der Waals surface area contributed by atoms with E-state index in [0.29, 0.717) is 0 Å². The first-order chi connectivity index (χ1) is 7.99. The predicted molar refractivity (Wildman–Crippen MR) is 54.5 cm³/mol. The van der Waals surface area contributed by atoms with Crippen molar-refractivity contribution in [2.24, 2.45) is 0 Å². The van der Waals surface area contributed by atoms with Crippen LogP contribution in [0.1, 0.15) is 5.89 Å². The summed E-state index contributed by atoms with van der Waals surface area (Å²) in [7, 11) is 0. The first-order valence-corrected chi connectivity index (χ1v) is 4.50. The van der Waals surface area contributed by atoms with Gasteiger partial charge in [-0.1, -0.05) is 0 Å². The van der Waals surface area contributed by atoms with E-state index in [9.17, 15) is 20.3 Å². The molecule has 0 unspecified atom stereocenters. The highest BCUT2D eigenvalue weighted by Crippen LogP contribution is 2.38. The van der Waals surface area contributed by atoms with Crippen molar-refractivity contribution in [3.8, 4) is 23.0 Å². The molecule has 2 N–H and O–H groups in total. The Hall–Kier alpha value is -2.64. The minimum Gasteiger partial charge on any atom is -0.504 e. The Kier molecular flexibility index (Phi) is 2.39. The minimum atomic E-state index is -0.818. The largest absolute Gasteiger partial charge is 0.504 e. The molecule has 88 valence electrons. The molecule has 1 aromatic heterocycles. The average molecular weight is 237 g/mol. The fraction of sp³-hybridized carbons (Fsp3) is 0.111. The molecule has 17 heavy (non-hydrogen) atoms. The molecule has 0 atom stereocenters. The summed E-state index contributed by atoms with van der Waals surface area (Å²) in [6.07, 6.45) is 0. The molecule has 8 nitrogen and oxygen atoms in total. The second-order valence-corrected chi connectivity index (χ2v) is 3.25. The highest BCUT2D eigenvalue weighted by Gasteiger charge is 2.21. The number of aromatic nitrogens is 2. The number of nitro groups is 1. The van der Waals surface area contributed by atoms with Crippen LogP contribution in [0.2, 0.25) is 0 Å². The Labute approximate surface area is 94.3 Å². The molecule has 0 fully saturated rings. The lowest BCUT2D eigenvalue weighted by molar-refractivity contribution is -0.385. The Bertz CT molecular complexity index is 592. The van der Waals surface area contributed by atoms with Crippen molar-refractivity contribution in [3.05, 3.63) is 28.1 Å². The number of phenols is 2. The molecule has 0 amide bonds. The lowest BCUT2D eigenvalue weighted by Gasteiger charge is -2.01. The van der Waals surface area contributed by atoms with Gasteiger partial charge in [-0.2, -0.15) is 0 Å². The van der Waals surface area contributed by atoms with E-state index in [1.54, 1.807) is 6.92 Å². The number of aryl methyl sites for hydroxylation is 1. The number of hydrogen-bond donors (Lipinski definition) is 2. The molecule has 0 spiro atoms. The van der Waals surface area contributed by atoms with Crippen molar-refractivity contribution < 1.29 is 19.6 Å². The molecule has 1 aromatic carbocycles. The van der Waals surface area contributed by atoms with Crippen molar-refractivity contribution in [2.75, 3.05) is 0 Å². The zero-order valence-electron chi connectivity index (χ0n) is 8.62. The van der Waals surface area contributed by atoms with Crippen LogP contribution in [0.3, 0.4) is 0 Å². The van der Waals surface area contributed by atoms with Gasteiger partial charge in [0.25, 0.3) is 0 Å². The van der Waals surface area contributed by atoms with Crippen LogP contribution >= 0.6 is 0 Å². The van der Waals surface area contributed by atoms with E-state index in [-0.39, 0.29) is 17.3 Å². The number of rotatable bonds is 2. The summed E-state index contributed by atoms with van der Waals surface area (Å²) in [6.45, 7) is 1.56. The van der Waals surface area contributed by atoms with E-state index in [0.717, 1.165) is 12.1 Å². The lowest BCUT2D eigenvalue weighted by atomic mass is 10.1. The topological polar surface area (TPSA) is 123 Å². The first kappa shape index (κ1) is 10.9. The Morgan fingerprint density at radius 1 is 1.35 bits per heavy atom. The van der Waals surface area contributed by atoms with E-state index < -0.39 is 22.1 Å². The SMILES string of the molecule is Cc1nnc(-c2cc(O)c(O)c([N+](=O)[O-])c2)o1. The molecule has 2 rings (SSSR count). The molecular formula is C9H7N3O5. The molecule has 1 heterocycles. The Balaban J connectivity index is 2.60. The fourth-order valence-corrected chi connectivity index (χ4v) is 1.28. The molecule has 0 bridgehead atoms. The maximum atomic E-state index is 10.6. The number of nitrogens with zero attached hydrogens (tertiary/aromatic N) is 3. The Morgan fingerprint density at radius 3 is 2.59 bits per heavy atom. The third kappa shape index (κ3) is 1.87. The molecule has 2 aromatic rings. The van der Waals surface area contributed by atoms with Gasteiger partial charge in [-0.3, -0.25) is 10.1 Å². The summed E-state index contributed by atoms with van der Waals surface area (Å²) in [4.78, 5) is 9.81. The van der Waals surface area contributed by atoms with E-state index in [4.69, 9.17) is 4.42 Å². The van der Waals surface area contributed by atoms with Crippen molar-refractivity contribution in [1.29, 1.82) is 0 Å². The highest BCUT2D eigenvalue weighted by atomic mass is 16.6. The highest BCUT2D eigenvalue weighted by molar-refractivity contribution is 5.67. The zero-order chi connectivity index (χ0) is 12.6. The number of hydrogen-bond acceptors (Lipinski definition) is 7. The van der Waals surface area contributed by atoms with Crippen LogP contribution in [0, 0.1) is 17.0 Å². The first-order valence-electron chi connectivity index (χ1n) is 4.50.